The van der Waals surface area contributed by atoms with Crippen LogP contribution in [0.3, 0.4) is 0 Å². The topological polar surface area (TPSA) is 23.5 Å². The Balaban J connectivity index is 3.39. The third kappa shape index (κ3) is 24.1. The molecule has 31 heavy (non-hydrogen) atoms. The molecule has 1 N–H and O–H groups in total. The molecule has 0 aromatic heterocycles. The highest BCUT2D eigenvalue weighted by Gasteiger charge is 2.02. The van der Waals surface area contributed by atoms with Crippen LogP contribution in [0.5, 0.6) is 0 Å². The molecule has 0 rings (SSSR count). The van der Waals surface area contributed by atoms with E-state index in [9.17, 15) is 5.21 Å². The van der Waals surface area contributed by atoms with Crippen LogP contribution in [0.2, 0.25) is 0 Å². The Labute approximate surface area is 197 Å². The van der Waals surface area contributed by atoms with Crippen molar-refractivity contribution in [3.05, 3.63) is 11.6 Å². The number of hydrogen-bond acceptors (Lipinski definition) is 2. The summed E-state index contributed by atoms with van der Waals surface area (Å²) in [4.78, 5) is 0. The summed E-state index contributed by atoms with van der Waals surface area (Å²) in [7, 11) is 0. The monoisotopic (exact) mass is 437 g/mol. The van der Waals surface area contributed by atoms with E-state index in [0.29, 0.717) is 0 Å². The van der Waals surface area contributed by atoms with Crippen LogP contribution in [0.15, 0.2) is 11.6 Å². The number of unbranched alkanes of at least 4 members (excludes halogenated alkanes) is 17. The molecule has 0 fully saturated rings. The van der Waals surface area contributed by atoms with Crippen molar-refractivity contribution >= 4 is 0 Å². The number of hydrogen-bond donors (Lipinski definition) is 1. The fourth-order valence-corrected chi connectivity index (χ4v) is 4.44. The molecule has 0 unspecified atom stereocenters. The van der Waals surface area contributed by atoms with Gasteiger partial charge in [0.05, 0.1) is 0 Å². The second kappa shape index (κ2) is 25.9. The van der Waals surface area contributed by atoms with Gasteiger partial charge in [0.1, 0.15) is 0 Å². The first-order valence-electron chi connectivity index (χ1n) is 14.3. The van der Waals surface area contributed by atoms with Gasteiger partial charge in [-0.25, -0.2) is 0 Å². The summed E-state index contributed by atoms with van der Waals surface area (Å²) in [5.74, 6) is 0. The quantitative estimate of drug-likeness (QED) is 0.0872. The van der Waals surface area contributed by atoms with E-state index in [4.69, 9.17) is 0 Å². The summed E-state index contributed by atoms with van der Waals surface area (Å²) in [6.07, 6.45) is 31.9. The van der Waals surface area contributed by atoms with Crippen molar-refractivity contribution in [1.29, 1.82) is 0 Å². The van der Waals surface area contributed by atoms with Crippen LogP contribution < -0.4 is 0 Å². The van der Waals surface area contributed by atoms with E-state index in [0.717, 1.165) is 25.9 Å². The van der Waals surface area contributed by atoms with Crippen LogP contribution in [0, 0.1) is 0 Å². The fraction of sp³-hybridized carbons (Fsp3) is 0.931. The second-order valence-electron chi connectivity index (χ2n) is 9.76. The van der Waals surface area contributed by atoms with E-state index in [2.05, 4.69) is 26.8 Å². The van der Waals surface area contributed by atoms with E-state index in [1.54, 1.807) is 10.6 Å². The van der Waals surface area contributed by atoms with E-state index in [-0.39, 0.29) is 0 Å². The molecule has 186 valence electrons. The standard InChI is InChI=1S/C29H59NO/c1-4-7-9-11-13-14-17-21-25-29(6-3)26-22-18-16-20-24-28-30(31)27-23-19-15-12-10-8-5-2/h6,31H,4-5,7-28H2,1-3H3/b29-6-. The highest BCUT2D eigenvalue weighted by molar-refractivity contribution is 4.99. The zero-order valence-corrected chi connectivity index (χ0v) is 21.9. The average Bonchev–Trinajstić information content (AvgIpc) is 2.78. The van der Waals surface area contributed by atoms with Gasteiger partial charge in [-0.15, -0.1) is 0 Å². The van der Waals surface area contributed by atoms with Gasteiger partial charge in [-0.05, 0) is 45.4 Å². The van der Waals surface area contributed by atoms with E-state index >= 15 is 0 Å². The van der Waals surface area contributed by atoms with Gasteiger partial charge < -0.3 is 5.21 Å². The largest absolute Gasteiger partial charge is 0.314 e. The van der Waals surface area contributed by atoms with Gasteiger partial charge in [-0.1, -0.05) is 128 Å². The third-order valence-corrected chi connectivity index (χ3v) is 6.69. The summed E-state index contributed by atoms with van der Waals surface area (Å²) in [6, 6.07) is 0. The smallest absolute Gasteiger partial charge is 0.0238 e. The lowest BCUT2D eigenvalue weighted by molar-refractivity contribution is -0.0925. The maximum absolute atomic E-state index is 10.00. The number of rotatable bonds is 25. The first-order chi connectivity index (χ1) is 15.2. The van der Waals surface area contributed by atoms with Gasteiger partial charge in [-0.3, -0.25) is 0 Å². The maximum atomic E-state index is 10.00. The minimum Gasteiger partial charge on any atom is -0.314 e. The van der Waals surface area contributed by atoms with Crippen molar-refractivity contribution in [2.75, 3.05) is 13.1 Å². The number of allylic oxidation sites excluding steroid dienone is 2. The average molecular weight is 438 g/mol. The summed E-state index contributed by atoms with van der Waals surface area (Å²) < 4.78 is 0. The maximum Gasteiger partial charge on any atom is 0.0238 e. The van der Waals surface area contributed by atoms with Gasteiger partial charge in [0.2, 0.25) is 0 Å². The Kier molecular flexibility index (Phi) is 25.6. The lowest BCUT2D eigenvalue weighted by atomic mass is 9.99. The van der Waals surface area contributed by atoms with Gasteiger partial charge in [0.25, 0.3) is 0 Å². The van der Waals surface area contributed by atoms with Crippen LogP contribution in [0.4, 0.5) is 0 Å². The Bertz CT molecular complexity index is 366. The summed E-state index contributed by atoms with van der Waals surface area (Å²) in [6.45, 7) is 8.49. The molecule has 0 aromatic carbocycles. The predicted molar refractivity (Wildman–Crippen MR) is 140 cm³/mol. The molecule has 0 radical (unpaired) electrons. The Morgan fingerprint density at radius 1 is 0.516 bits per heavy atom. The highest BCUT2D eigenvalue weighted by atomic mass is 16.5. The molecule has 0 atom stereocenters. The Morgan fingerprint density at radius 2 is 0.839 bits per heavy atom. The molecule has 0 heterocycles. The molecule has 0 saturated carbocycles. The molecule has 0 amide bonds. The summed E-state index contributed by atoms with van der Waals surface area (Å²) in [5, 5.41) is 11.6. The minimum atomic E-state index is 0.856. The molecule has 2 heteroatoms. The van der Waals surface area contributed by atoms with Crippen molar-refractivity contribution in [3.8, 4) is 0 Å². The molecule has 0 saturated heterocycles. The van der Waals surface area contributed by atoms with E-state index < -0.39 is 0 Å². The first kappa shape index (κ1) is 30.7. The van der Waals surface area contributed by atoms with Gasteiger partial charge in [0, 0.05) is 13.1 Å². The third-order valence-electron chi connectivity index (χ3n) is 6.69. The van der Waals surface area contributed by atoms with Crippen LogP contribution in [0.25, 0.3) is 0 Å². The van der Waals surface area contributed by atoms with E-state index in [1.165, 1.54) is 128 Å². The van der Waals surface area contributed by atoms with Crippen molar-refractivity contribution in [1.82, 2.24) is 5.06 Å². The molecule has 0 aliphatic heterocycles. The minimum absolute atomic E-state index is 0.856. The molecule has 0 bridgehead atoms. The zero-order chi connectivity index (χ0) is 22.8. The second-order valence-corrected chi connectivity index (χ2v) is 9.76. The molecule has 0 aliphatic rings. The SMILES string of the molecule is C/C=C(/CCCCCCCCCC)CCCCCCCN(O)CCCCCCCCC. The molecular formula is C29H59NO. The fourth-order valence-electron chi connectivity index (χ4n) is 4.44. The lowest BCUT2D eigenvalue weighted by Gasteiger charge is -2.14. The van der Waals surface area contributed by atoms with Crippen LogP contribution in [0.1, 0.15) is 162 Å². The normalized spacial score (nSPS) is 12.2. The highest BCUT2D eigenvalue weighted by Crippen LogP contribution is 2.18. The number of nitrogens with zero attached hydrogens (tertiary/aromatic N) is 1. The molecule has 0 aliphatic carbocycles. The number of hydroxylamine groups is 2. The first-order valence-corrected chi connectivity index (χ1v) is 14.3. The van der Waals surface area contributed by atoms with Crippen LogP contribution >= 0.6 is 0 Å². The van der Waals surface area contributed by atoms with E-state index in [1.807, 2.05) is 0 Å². The van der Waals surface area contributed by atoms with Crippen molar-refractivity contribution in [3.63, 3.8) is 0 Å². The summed E-state index contributed by atoms with van der Waals surface area (Å²) in [5.41, 5.74) is 1.68. The molecular weight excluding hydrogens is 378 g/mol. The molecule has 2 nitrogen and oxygen atoms in total. The lowest BCUT2D eigenvalue weighted by Crippen LogP contribution is -2.21. The van der Waals surface area contributed by atoms with Crippen molar-refractivity contribution in [2.24, 2.45) is 0 Å². The summed E-state index contributed by atoms with van der Waals surface area (Å²) >= 11 is 0. The van der Waals surface area contributed by atoms with Gasteiger partial charge >= 0.3 is 0 Å². The Morgan fingerprint density at radius 3 is 1.19 bits per heavy atom. The molecule has 0 spiro atoms. The van der Waals surface area contributed by atoms with Crippen LogP contribution in [-0.2, 0) is 0 Å². The van der Waals surface area contributed by atoms with Gasteiger partial charge in [-0.2, -0.15) is 5.06 Å². The van der Waals surface area contributed by atoms with Crippen molar-refractivity contribution in [2.45, 2.75) is 162 Å². The Hall–Kier alpha value is -0.340. The predicted octanol–water partition coefficient (Wildman–Crippen LogP) is 10.2. The van der Waals surface area contributed by atoms with Gasteiger partial charge in [0.15, 0.2) is 0 Å². The van der Waals surface area contributed by atoms with Crippen molar-refractivity contribution < 1.29 is 5.21 Å². The zero-order valence-electron chi connectivity index (χ0n) is 21.9. The van der Waals surface area contributed by atoms with Crippen LogP contribution in [-0.4, -0.2) is 23.4 Å². The molecule has 0 aromatic rings.